The largest absolute Gasteiger partial charge is 0.491 e. The van der Waals surface area contributed by atoms with Crippen LogP contribution in [0.5, 0.6) is 5.75 Å². The third-order valence-corrected chi connectivity index (χ3v) is 4.93. The van der Waals surface area contributed by atoms with E-state index in [0.29, 0.717) is 6.04 Å². The van der Waals surface area contributed by atoms with E-state index in [-0.39, 0.29) is 6.10 Å². The second kappa shape index (κ2) is 5.75. The Bertz CT molecular complexity index is 534. The van der Waals surface area contributed by atoms with E-state index in [2.05, 4.69) is 63.4 Å². The van der Waals surface area contributed by atoms with Crippen molar-refractivity contribution in [3.05, 3.63) is 35.9 Å². The first-order chi connectivity index (χ1) is 10.0. The first-order valence-electron chi connectivity index (χ1n) is 8.25. The number of benzene rings is 1. The maximum Gasteiger partial charge on any atom is 0.120 e. The van der Waals surface area contributed by atoms with E-state index in [9.17, 15) is 0 Å². The van der Waals surface area contributed by atoms with E-state index in [1.807, 2.05) is 0 Å². The minimum atomic E-state index is 0.225. The van der Waals surface area contributed by atoms with Crippen LogP contribution in [0.3, 0.4) is 0 Å². The highest BCUT2D eigenvalue weighted by atomic mass is 16.5. The van der Waals surface area contributed by atoms with Gasteiger partial charge in [0.15, 0.2) is 0 Å². The number of allylic oxidation sites excluding steroid dienone is 2. The summed E-state index contributed by atoms with van der Waals surface area (Å²) in [6.45, 7) is 8.61. The van der Waals surface area contributed by atoms with Gasteiger partial charge in [-0.15, -0.1) is 0 Å². The highest BCUT2D eigenvalue weighted by Gasteiger charge is 2.38. The van der Waals surface area contributed by atoms with E-state index < -0.39 is 0 Å². The molecule has 0 radical (unpaired) electrons. The summed E-state index contributed by atoms with van der Waals surface area (Å²) in [6, 6.07) is 6.89. The Morgan fingerprint density at radius 3 is 2.52 bits per heavy atom. The molecule has 1 N–H and O–H groups in total. The number of nitrogens with one attached hydrogen (secondary N) is 1. The van der Waals surface area contributed by atoms with Crippen LogP contribution in [0.2, 0.25) is 0 Å². The number of fused-ring (bicyclic) bond motifs is 2. The van der Waals surface area contributed by atoms with Crippen molar-refractivity contribution in [1.29, 1.82) is 0 Å². The highest BCUT2D eigenvalue weighted by molar-refractivity contribution is 5.54. The molecule has 4 atom stereocenters. The monoisotopic (exact) mass is 285 g/mol. The van der Waals surface area contributed by atoms with Crippen LogP contribution in [-0.2, 0) is 0 Å². The smallest absolute Gasteiger partial charge is 0.120 e. The summed E-state index contributed by atoms with van der Waals surface area (Å²) in [4.78, 5) is 0. The van der Waals surface area contributed by atoms with E-state index in [1.54, 1.807) is 0 Å². The van der Waals surface area contributed by atoms with Gasteiger partial charge < -0.3 is 10.1 Å². The van der Waals surface area contributed by atoms with Gasteiger partial charge in [0.2, 0.25) is 0 Å². The summed E-state index contributed by atoms with van der Waals surface area (Å²) in [5.74, 6) is 3.38. The molecular weight excluding hydrogens is 258 g/mol. The number of hydrogen-bond acceptors (Lipinski definition) is 2. The van der Waals surface area contributed by atoms with Gasteiger partial charge in [0.1, 0.15) is 5.75 Å². The molecule has 1 fully saturated rings. The number of anilines is 1. The molecule has 0 aliphatic heterocycles. The Morgan fingerprint density at radius 1 is 1.14 bits per heavy atom. The van der Waals surface area contributed by atoms with Crippen LogP contribution in [0.4, 0.5) is 5.69 Å². The topological polar surface area (TPSA) is 21.3 Å². The van der Waals surface area contributed by atoms with Crippen LogP contribution >= 0.6 is 0 Å². The van der Waals surface area contributed by atoms with Crippen LogP contribution in [0, 0.1) is 24.7 Å². The van der Waals surface area contributed by atoms with Crippen molar-refractivity contribution < 1.29 is 4.74 Å². The van der Waals surface area contributed by atoms with Crippen molar-refractivity contribution >= 4 is 5.69 Å². The predicted molar refractivity (Wildman–Crippen MR) is 88.9 cm³/mol. The van der Waals surface area contributed by atoms with E-state index in [1.165, 1.54) is 24.1 Å². The lowest BCUT2D eigenvalue weighted by molar-refractivity contribution is 0.242. The van der Waals surface area contributed by atoms with Crippen LogP contribution < -0.4 is 10.1 Å². The zero-order valence-corrected chi connectivity index (χ0v) is 13.6. The number of aryl methyl sites for hydroxylation is 1. The van der Waals surface area contributed by atoms with Crippen molar-refractivity contribution in [2.45, 2.75) is 52.7 Å². The number of rotatable bonds is 5. The van der Waals surface area contributed by atoms with E-state index in [0.717, 1.165) is 23.5 Å². The summed E-state index contributed by atoms with van der Waals surface area (Å²) in [7, 11) is 0. The molecule has 21 heavy (non-hydrogen) atoms. The molecule has 1 saturated carbocycles. The predicted octanol–water partition coefficient (Wildman–Crippen LogP) is 4.79. The van der Waals surface area contributed by atoms with Crippen LogP contribution in [0.1, 0.15) is 39.2 Å². The van der Waals surface area contributed by atoms with Gasteiger partial charge in [-0.1, -0.05) is 12.2 Å². The maximum absolute atomic E-state index is 5.76. The first-order valence-corrected chi connectivity index (χ1v) is 8.25. The SMILES string of the molecule is Cc1cc(OC(C)C)ccc1NC(C)C1CC2C=CC1C2. The molecule has 2 aliphatic carbocycles. The van der Waals surface area contributed by atoms with Crippen molar-refractivity contribution in [2.75, 3.05) is 5.32 Å². The van der Waals surface area contributed by atoms with Crippen LogP contribution in [0.25, 0.3) is 0 Å². The number of ether oxygens (including phenoxy) is 1. The normalized spacial score (nSPS) is 28.1. The van der Waals surface area contributed by atoms with E-state index >= 15 is 0 Å². The van der Waals surface area contributed by atoms with Gasteiger partial charge in [0.25, 0.3) is 0 Å². The first kappa shape index (κ1) is 14.5. The molecule has 0 saturated heterocycles. The summed E-state index contributed by atoms with van der Waals surface area (Å²) >= 11 is 0. The Kier molecular flexibility index (Phi) is 3.97. The third kappa shape index (κ3) is 3.09. The molecule has 2 nitrogen and oxygen atoms in total. The Balaban J connectivity index is 1.66. The Morgan fingerprint density at radius 2 is 1.95 bits per heavy atom. The van der Waals surface area contributed by atoms with Gasteiger partial charge in [0, 0.05) is 11.7 Å². The van der Waals surface area contributed by atoms with Gasteiger partial charge in [-0.2, -0.15) is 0 Å². The standard InChI is InChI=1S/C19H27NO/c1-12(2)21-17-7-8-19(13(3)9-17)20-14(4)18-11-15-5-6-16(18)10-15/h5-9,12,14-16,18,20H,10-11H2,1-4H3. The molecule has 0 amide bonds. The molecule has 4 unspecified atom stereocenters. The lowest BCUT2D eigenvalue weighted by Gasteiger charge is -2.28. The summed E-state index contributed by atoms with van der Waals surface area (Å²) in [5.41, 5.74) is 2.50. The van der Waals surface area contributed by atoms with E-state index in [4.69, 9.17) is 4.74 Å². The zero-order chi connectivity index (χ0) is 15.0. The van der Waals surface area contributed by atoms with Gasteiger partial charge in [0.05, 0.1) is 6.10 Å². The summed E-state index contributed by atoms with van der Waals surface area (Å²) in [5, 5.41) is 3.73. The van der Waals surface area contributed by atoms with Crippen molar-refractivity contribution in [2.24, 2.45) is 17.8 Å². The fraction of sp³-hybridized carbons (Fsp3) is 0.579. The molecule has 114 valence electrons. The summed E-state index contributed by atoms with van der Waals surface area (Å²) in [6.07, 6.45) is 7.79. The lowest BCUT2D eigenvalue weighted by atomic mass is 9.87. The summed E-state index contributed by atoms with van der Waals surface area (Å²) < 4.78 is 5.76. The maximum atomic E-state index is 5.76. The van der Waals surface area contributed by atoms with Crippen LogP contribution in [0.15, 0.2) is 30.4 Å². The minimum absolute atomic E-state index is 0.225. The average Bonchev–Trinajstić information content (AvgIpc) is 3.03. The molecule has 0 heterocycles. The van der Waals surface area contributed by atoms with Crippen molar-refractivity contribution in [3.8, 4) is 5.75 Å². The molecule has 1 aromatic carbocycles. The zero-order valence-electron chi connectivity index (χ0n) is 13.6. The quantitative estimate of drug-likeness (QED) is 0.785. The van der Waals surface area contributed by atoms with Gasteiger partial charge in [-0.25, -0.2) is 0 Å². The fourth-order valence-electron chi connectivity index (χ4n) is 3.89. The fourth-order valence-corrected chi connectivity index (χ4v) is 3.89. The molecule has 2 aliphatic rings. The minimum Gasteiger partial charge on any atom is -0.491 e. The Labute approximate surface area is 128 Å². The Hall–Kier alpha value is -1.44. The van der Waals surface area contributed by atoms with Crippen molar-refractivity contribution in [3.63, 3.8) is 0 Å². The average molecular weight is 285 g/mol. The molecule has 2 bridgehead atoms. The molecule has 2 heteroatoms. The van der Waals surface area contributed by atoms with Crippen molar-refractivity contribution in [1.82, 2.24) is 0 Å². The molecule has 3 rings (SSSR count). The van der Waals surface area contributed by atoms with Gasteiger partial charge in [-0.05, 0) is 82.1 Å². The number of hydrogen-bond donors (Lipinski definition) is 1. The molecular formula is C19H27NO. The second-order valence-corrected chi connectivity index (χ2v) is 7.02. The highest BCUT2D eigenvalue weighted by Crippen LogP contribution is 2.45. The third-order valence-electron chi connectivity index (χ3n) is 4.93. The molecule has 1 aromatic rings. The van der Waals surface area contributed by atoms with Gasteiger partial charge >= 0.3 is 0 Å². The van der Waals surface area contributed by atoms with Crippen LogP contribution in [-0.4, -0.2) is 12.1 Å². The van der Waals surface area contributed by atoms with Gasteiger partial charge in [-0.3, -0.25) is 0 Å². The molecule has 0 aromatic heterocycles. The second-order valence-electron chi connectivity index (χ2n) is 7.02. The molecule has 0 spiro atoms. The lowest BCUT2D eigenvalue weighted by Crippen LogP contribution is -2.29.